The van der Waals surface area contributed by atoms with Gasteiger partial charge in [0.2, 0.25) is 0 Å². The van der Waals surface area contributed by atoms with E-state index in [4.69, 9.17) is 4.98 Å². The summed E-state index contributed by atoms with van der Waals surface area (Å²) in [5.41, 5.74) is 4.66. The highest BCUT2D eigenvalue weighted by molar-refractivity contribution is 5.68. The monoisotopic (exact) mass is 300 g/mol. The number of carbonyl (C=O) groups excluding carboxylic acids is 1. The fraction of sp³-hybridized carbons (Fsp3) is 0.444. The van der Waals surface area contributed by atoms with Gasteiger partial charge in [0.15, 0.2) is 0 Å². The van der Waals surface area contributed by atoms with E-state index in [1.165, 1.54) is 24.1 Å². The second kappa shape index (κ2) is 7.25. The molecule has 0 N–H and O–H groups in total. The van der Waals surface area contributed by atoms with Crippen molar-refractivity contribution < 1.29 is 9.53 Å². The summed E-state index contributed by atoms with van der Waals surface area (Å²) in [6.45, 7) is 6.28. The molecule has 0 aliphatic carbocycles. The summed E-state index contributed by atoms with van der Waals surface area (Å²) in [6, 6.07) is 8.44. The molecular formula is C18H24N2O2. The van der Waals surface area contributed by atoms with Crippen molar-refractivity contribution in [3.8, 4) is 5.82 Å². The average molecular weight is 300 g/mol. The van der Waals surface area contributed by atoms with Gasteiger partial charge in [-0.05, 0) is 69.9 Å². The van der Waals surface area contributed by atoms with Gasteiger partial charge in [-0.25, -0.2) is 4.98 Å². The number of unbranched alkanes of at least 4 members (excludes halogenated alkanes) is 1. The van der Waals surface area contributed by atoms with Gasteiger partial charge in [-0.3, -0.25) is 4.79 Å². The number of rotatable bonds is 6. The second-order valence-corrected chi connectivity index (χ2v) is 5.73. The zero-order chi connectivity index (χ0) is 16.1. The van der Waals surface area contributed by atoms with Crippen LogP contribution in [0.1, 0.15) is 41.9 Å². The molecule has 0 radical (unpaired) electrons. The Bertz CT molecular complexity index is 640. The Hall–Kier alpha value is -2.10. The molecule has 4 nitrogen and oxygen atoms in total. The van der Waals surface area contributed by atoms with Crippen LogP contribution in [0, 0.1) is 20.8 Å². The molecule has 0 unspecified atom stereocenters. The number of pyridine rings is 1. The number of ether oxygens (including phenoxy) is 1. The van der Waals surface area contributed by atoms with Crippen molar-refractivity contribution in [2.45, 2.75) is 46.5 Å². The number of nitrogens with zero attached hydrogens (tertiary/aromatic N) is 2. The lowest BCUT2D eigenvalue weighted by Crippen LogP contribution is -2.05. The number of hydrogen-bond acceptors (Lipinski definition) is 3. The molecular weight excluding hydrogens is 276 g/mol. The van der Waals surface area contributed by atoms with E-state index in [0.717, 1.165) is 30.8 Å². The first-order valence-corrected chi connectivity index (χ1v) is 7.71. The number of esters is 1. The maximum atomic E-state index is 11.1. The average Bonchev–Trinajstić information content (AvgIpc) is 2.82. The minimum absolute atomic E-state index is 0.142. The Morgan fingerprint density at radius 3 is 2.45 bits per heavy atom. The second-order valence-electron chi connectivity index (χ2n) is 5.73. The summed E-state index contributed by atoms with van der Waals surface area (Å²) in [5, 5.41) is 0. The quantitative estimate of drug-likeness (QED) is 0.604. The molecule has 0 aliphatic heterocycles. The summed E-state index contributed by atoms with van der Waals surface area (Å²) in [5.74, 6) is 0.833. The maximum Gasteiger partial charge on any atom is 0.305 e. The molecule has 0 saturated carbocycles. The van der Waals surface area contributed by atoms with E-state index in [1.54, 1.807) is 0 Å². The molecule has 2 heterocycles. The van der Waals surface area contributed by atoms with E-state index in [2.05, 4.69) is 54.3 Å². The highest BCUT2D eigenvalue weighted by Crippen LogP contribution is 2.17. The third-order valence-electron chi connectivity index (χ3n) is 3.80. The van der Waals surface area contributed by atoms with Crippen LogP contribution in [0.3, 0.4) is 0 Å². The third kappa shape index (κ3) is 3.97. The van der Waals surface area contributed by atoms with Crippen molar-refractivity contribution >= 4 is 5.97 Å². The fourth-order valence-electron chi connectivity index (χ4n) is 2.67. The molecule has 2 aromatic rings. The molecule has 0 aliphatic rings. The van der Waals surface area contributed by atoms with E-state index in [1.807, 2.05) is 0 Å². The largest absolute Gasteiger partial charge is 0.469 e. The number of methoxy groups -OCH3 is 1. The topological polar surface area (TPSA) is 44.1 Å². The Morgan fingerprint density at radius 1 is 1.14 bits per heavy atom. The lowest BCUT2D eigenvalue weighted by Gasteiger charge is -2.11. The molecule has 0 atom stereocenters. The van der Waals surface area contributed by atoms with Crippen LogP contribution >= 0.6 is 0 Å². The number of aryl methyl sites for hydroxylation is 4. The van der Waals surface area contributed by atoms with Crippen molar-refractivity contribution in [2.24, 2.45) is 0 Å². The Labute approximate surface area is 132 Å². The van der Waals surface area contributed by atoms with Crippen molar-refractivity contribution in [3.63, 3.8) is 0 Å². The smallest absolute Gasteiger partial charge is 0.305 e. The van der Waals surface area contributed by atoms with Gasteiger partial charge in [0, 0.05) is 23.5 Å². The summed E-state index contributed by atoms with van der Waals surface area (Å²) < 4.78 is 6.83. The van der Waals surface area contributed by atoms with E-state index < -0.39 is 0 Å². The summed E-state index contributed by atoms with van der Waals surface area (Å²) >= 11 is 0. The molecule has 2 aromatic heterocycles. The van der Waals surface area contributed by atoms with Gasteiger partial charge in [0.25, 0.3) is 0 Å². The molecule has 0 amide bonds. The summed E-state index contributed by atoms with van der Waals surface area (Å²) in [6.07, 6.45) is 3.13. The fourth-order valence-corrected chi connectivity index (χ4v) is 2.67. The molecule has 0 spiro atoms. The first-order valence-electron chi connectivity index (χ1n) is 7.71. The van der Waals surface area contributed by atoms with Crippen molar-refractivity contribution in [3.05, 3.63) is 46.9 Å². The van der Waals surface area contributed by atoms with Gasteiger partial charge >= 0.3 is 5.97 Å². The molecule has 2 rings (SSSR count). The standard InChI is InChI=1S/C18H24N2O2/c1-13-11-16(7-5-6-8-18(21)22-4)19-17(12-13)20-14(2)9-10-15(20)3/h9-12H,5-8H2,1-4H3. The SMILES string of the molecule is COC(=O)CCCCc1cc(C)cc(-n2c(C)ccc2C)n1. The minimum Gasteiger partial charge on any atom is -0.469 e. The van der Waals surface area contributed by atoms with E-state index in [9.17, 15) is 4.79 Å². The van der Waals surface area contributed by atoms with Crippen LogP contribution in [-0.4, -0.2) is 22.6 Å². The normalized spacial score (nSPS) is 10.7. The van der Waals surface area contributed by atoms with Crippen molar-refractivity contribution in [1.82, 2.24) is 9.55 Å². The highest BCUT2D eigenvalue weighted by atomic mass is 16.5. The zero-order valence-electron chi connectivity index (χ0n) is 13.8. The van der Waals surface area contributed by atoms with Gasteiger partial charge in [-0.2, -0.15) is 0 Å². The zero-order valence-corrected chi connectivity index (χ0v) is 13.8. The Balaban J connectivity index is 2.09. The molecule has 0 bridgehead atoms. The summed E-state index contributed by atoms with van der Waals surface area (Å²) in [4.78, 5) is 15.9. The first kappa shape index (κ1) is 16.3. The summed E-state index contributed by atoms with van der Waals surface area (Å²) in [7, 11) is 1.43. The third-order valence-corrected chi connectivity index (χ3v) is 3.80. The molecule has 0 saturated heterocycles. The Kier molecular flexibility index (Phi) is 5.36. The van der Waals surface area contributed by atoms with Gasteiger partial charge in [-0.1, -0.05) is 0 Å². The number of carbonyl (C=O) groups is 1. The lowest BCUT2D eigenvalue weighted by molar-refractivity contribution is -0.140. The number of hydrogen-bond donors (Lipinski definition) is 0. The molecule has 0 aromatic carbocycles. The van der Waals surface area contributed by atoms with E-state index in [-0.39, 0.29) is 5.97 Å². The van der Waals surface area contributed by atoms with Crippen LogP contribution in [0.5, 0.6) is 0 Å². The van der Waals surface area contributed by atoms with Gasteiger partial charge in [-0.15, -0.1) is 0 Å². The molecule has 4 heteroatoms. The molecule has 0 fully saturated rings. The number of aromatic nitrogens is 2. The predicted octanol–water partition coefficient (Wildman–Crippen LogP) is 3.68. The van der Waals surface area contributed by atoms with Crippen LogP contribution < -0.4 is 0 Å². The first-order chi connectivity index (χ1) is 10.5. The highest BCUT2D eigenvalue weighted by Gasteiger charge is 2.08. The van der Waals surface area contributed by atoms with E-state index >= 15 is 0 Å². The van der Waals surface area contributed by atoms with Gasteiger partial charge in [0.1, 0.15) is 5.82 Å². The minimum atomic E-state index is -0.142. The predicted molar refractivity (Wildman–Crippen MR) is 87.3 cm³/mol. The van der Waals surface area contributed by atoms with Crippen LogP contribution in [0.4, 0.5) is 0 Å². The van der Waals surface area contributed by atoms with Crippen LogP contribution in [0.2, 0.25) is 0 Å². The Morgan fingerprint density at radius 2 is 1.82 bits per heavy atom. The van der Waals surface area contributed by atoms with Crippen LogP contribution in [-0.2, 0) is 16.0 Å². The van der Waals surface area contributed by atoms with E-state index in [0.29, 0.717) is 6.42 Å². The maximum absolute atomic E-state index is 11.1. The van der Waals surface area contributed by atoms with Crippen molar-refractivity contribution in [1.29, 1.82) is 0 Å². The van der Waals surface area contributed by atoms with Crippen molar-refractivity contribution in [2.75, 3.05) is 7.11 Å². The van der Waals surface area contributed by atoms with Gasteiger partial charge < -0.3 is 9.30 Å². The van der Waals surface area contributed by atoms with Crippen LogP contribution in [0.15, 0.2) is 24.3 Å². The molecule has 22 heavy (non-hydrogen) atoms. The van der Waals surface area contributed by atoms with Crippen LogP contribution in [0.25, 0.3) is 5.82 Å². The van der Waals surface area contributed by atoms with Gasteiger partial charge in [0.05, 0.1) is 7.11 Å². The molecule has 118 valence electrons. The lowest BCUT2D eigenvalue weighted by atomic mass is 10.1.